The minimum Gasteiger partial charge on any atom is -0.0616 e. The Labute approximate surface area is 166 Å². The quantitative estimate of drug-likeness (QED) is 0.303. The van der Waals surface area contributed by atoms with Gasteiger partial charge in [0.1, 0.15) is 0 Å². The molecule has 0 saturated carbocycles. The molecule has 0 saturated heterocycles. The molecule has 0 heteroatoms. The first-order valence-corrected chi connectivity index (χ1v) is 10.6. The van der Waals surface area contributed by atoms with Gasteiger partial charge in [0.15, 0.2) is 0 Å². The molecule has 0 unspecified atom stereocenters. The SMILES string of the molecule is c1ccc2c3c(ccc2c1)CCC/C3=C1\CCCc2ccc3ccccc3c21. The lowest BCUT2D eigenvalue weighted by Gasteiger charge is -2.29. The van der Waals surface area contributed by atoms with E-state index in [4.69, 9.17) is 0 Å². The van der Waals surface area contributed by atoms with Crippen LogP contribution in [0, 0.1) is 0 Å². The second-order valence-corrected chi connectivity index (χ2v) is 8.31. The lowest BCUT2D eigenvalue weighted by Crippen LogP contribution is -2.09. The smallest absolute Gasteiger partial charge is 0.0106 e. The van der Waals surface area contributed by atoms with Gasteiger partial charge in [0.05, 0.1) is 0 Å². The summed E-state index contributed by atoms with van der Waals surface area (Å²) in [6, 6.07) is 27.3. The van der Waals surface area contributed by atoms with Gasteiger partial charge in [0.25, 0.3) is 0 Å². The van der Waals surface area contributed by atoms with E-state index in [0.717, 1.165) is 0 Å². The van der Waals surface area contributed by atoms with Gasteiger partial charge < -0.3 is 0 Å². The van der Waals surface area contributed by atoms with Crippen LogP contribution in [0.2, 0.25) is 0 Å². The third kappa shape index (κ3) is 2.37. The first-order chi connectivity index (χ1) is 13.9. The van der Waals surface area contributed by atoms with Crippen LogP contribution < -0.4 is 0 Å². The Morgan fingerprint density at radius 3 is 1.39 bits per heavy atom. The van der Waals surface area contributed by atoms with Gasteiger partial charge in [0.2, 0.25) is 0 Å². The molecule has 4 aromatic carbocycles. The van der Waals surface area contributed by atoms with Crippen molar-refractivity contribution in [1.29, 1.82) is 0 Å². The van der Waals surface area contributed by atoms with Crippen molar-refractivity contribution in [1.82, 2.24) is 0 Å². The molecule has 136 valence electrons. The van der Waals surface area contributed by atoms with Crippen molar-refractivity contribution in [2.45, 2.75) is 38.5 Å². The highest BCUT2D eigenvalue weighted by molar-refractivity contribution is 6.07. The molecule has 0 N–H and O–H groups in total. The van der Waals surface area contributed by atoms with Crippen LogP contribution in [0.5, 0.6) is 0 Å². The third-order valence-electron chi connectivity index (χ3n) is 6.74. The highest BCUT2D eigenvalue weighted by atomic mass is 14.3. The highest BCUT2D eigenvalue weighted by Gasteiger charge is 2.25. The van der Waals surface area contributed by atoms with Crippen molar-refractivity contribution < 1.29 is 0 Å². The van der Waals surface area contributed by atoms with Crippen LogP contribution >= 0.6 is 0 Å². The summed E-state index contributed by atoms with van der Waals surface area (Å²) >= 11 is 0. The molecule has 0 spiro atoms. The van der Waals surface area contributed by atoms with Crippen LogP contribution in [0.25, 0.3) is 32.7 Å². The van der Waals surface area contributed by atoms with E-state index in [2.05, 4.69) is 72.8 Å². The molecule has 6 rings (SSSR count). The van der Waals surface area contributed by atoms with E-state index in [-0.39, 0.29) is 0 Å². The fraction of sp³-hybridized carbons (Fsp3) is 0.214. The Morgan fingerprint density at radius 2 is 0.893 bits per heavy atom. The zero-order valence-electron chi connectivity index (χ0n) is 16.2. The summed E-state index contributed by atoms with van der Waals surface area (Å²) in [5.74, 6) is 0. The second kappa shape index (κ2) is 6.34. The number of allylic oxidation sites excluding steroid dienone is 2. The van der Waals surface area contributed by atoms with E-state index in [1.807, 2.05) is 0 Å². The molecule has 2 aliphatic carbocycles. The fourth-order valence-corrected chi connectivity index (χ4v) is 5.53. The van der Waals surface area contributed by atoms with Gasteiger partial charge >= 0.3 is 0 Å². The zero-order chi connectivity index (χ0) is 18.5. The maximum Gasteiger partial charge on any atom is -0.0106 e. The van der Waals surface area contributed by atoms with Crippen LogP contribution in [0.1, 0.15) is 47.9 Å². The van der Waals surface area contributed by atoms with E-state index in [9.17, 15) is 0 Å². The fourth-order valence-electron chi connectivity index (χ4n) is 5.53. The predicted molar refractivity (Wildman–Crippen MR) is 121 cm³/mol. The van der Waals surface area contributed by atoms with Crippen molar-refractivity contribution in [3.63, 3.8) is 0 Å². The molecule has 28 heavy (non-hydrogen) atoms. The second-order valence-electron chi connectivity index (χ2n) is 8.31. The average Bonchev–Trinajstić information content (AvgIpc) is 2.78. The summed E-state index contributed by atoms with van der Waals surface area (Å²) in [4.78, 5) is 0. The summed E-state index contributed by atoms with van der Waals surface area (Å²) in [6.07, 6.45) is 7.37. The average molecular weight is 360 g/mol. The minimum atomic E-state index is 1.21. The molecular formula is C28H24. The molecule has 0 atom stereocenters. The van der Waals surface area contributed by atoms with Crippen LogP contribution in [0.4, 0.5) is 0 Å². The van der Waals surface area contributed by atoms with E-state index in [0.29, 0.717) is 0 Å². The molecule has 0 aliphatic heterocycles. The zero-order valence-corrected chi connectivity index (χ0v) is 16.2. The van der Waals surface area contributed by atoms with E-state index in [1.54, 1.807) is 33.4 Å². The predicted octanol–water partition coefficient (Wildman–Crippen LogP) is 7.58. The topological polar surface area (TPSA) is 0 Å². The summed E-state index contributed by atoms with van der Waals surface area (Å²) in [6.45, 7) is 0. The molecule has 0 bridgehead atoms. The van der Waals surface area contributed by atoms with Gasteiger partial charge in [-0.2, -0.15) is 0 Å². The van der Waals surface area contributed by atoms with Crippen molar-refractivity contribution in [2.24, 2.45) is 0 Å². The molecule has 0 aromatic heterocycles. The Hall–Kier alpha value is -2.86. The lowest BCUT2D eigenvalue weighted by atomic mass is 9.75. The molecule has 4 aromatic rings. The molecule has 0 heterocycles. The molecule has 0 nitrogen and oxygen atoms in total. The van der Waals surface area contributed by atoms with Crippen LogP contribution in [0.3, 0.4) is 0 Å². The Bertz CT molecular complexity index is 1160. The summed E-state index contributed by atoms with van der Waals surface area (Å²) < 4.78 is 0. The van der Waals surface area contributed by atoms with Crippen molar-refractivity contribution in [3.8, 4) is 0 Å². The molecule has 0 amide bonds. The molecular weight excluding hydrogens is 336 g/mol. The highest BCUT2D eigenvalue weighted by Crippen LogP contribution is 2.46. The van der Waals surface area contributed by atoms with Crippen LogP contribution in [-0.4, -0.2) is 0 Å². The minimum absolute atomic E-state index is 1.21. The summed E-state index contributed by atoms with van der Waals surface area (Å²) in [5, 5.41) is 5.62. The van der Waals surface area contributed by atoms with Gasteiger partial charge in [0, 0.05) is 0 Å². The molecule has 0 fully saturated rings. The van der Waals surface area contributed by atoms with Crippen molar-refractivity contribution in [3.05, 3.63) is 95.1 Å². The van der Waals surface area contributed by atoms with Crippen LogP contribution in [-0.2, 0) is 12.8 Å². The van der Waals surface area contributed by atoms with E-state index in [1.165, 1.54) is 60.1 Å². The van der Waals surface area contributed by atoms with Crippen LogP contribution in [0.15, 0.2) is 72.8 Å². The summed E-state index contributed by atoms with van der Waals surface area (Å²) in [7, 11) is 0. The maximum atomic E-state index is 2.38. The number of aryl methyl sites for hydroxylation is 2. The first-order valence-electron chi connectivity index (χ1n) is 10.6. The third-order valence-corrected chi connectivity index (χ3v) is 6.74. The van der Waals surface area contributed by atoms with Crippen molar-refractivity contribution >= 4 is 32.7 Å². The van der Waals surface area contributed by atoms with Gasteiger partial charge in [-0.25, -0.2) is 0 Å². The number of fused-ring (bicyclic) bond motifs is 6. The largest absolute Gasteiger partial charge is 0.0616 e. The normalized spacial score (nSPS) is 18.9. The number of rotatable bonds is 0. The molecule has 0 radical (unpaired) electrons. The van der Waals surface area contributed by atoms with Gasteiger partial charge in [-0.3, -0.25) is 0 Å². The Kier molecular flexibility index (Phi) is 3.65. The number of hydrogen-bond acceptors (Lipinski definition) is 0. The Balaban J connectivity index is 1.72. The van der Waals surface area contributed by atoms with Gasteiger partial charge in [-0.05, 0) is 93.5 Å². The maximum absolute atomic E-state index is 2.38. The van der Waals surface area contributed by atoms with Gasteiger partial charge in [-0.1, -0.05) is 72.8 Å². The monoisotopic (exact) mass is 360 g/mol. The molecule has 2 aliphatic rings. The standard InChI is InChI=1S/C28H24/c1-3-11-23-19(7-1)15-17-21-9-5-13-25(27(21)23)26-14-6-10-22-18-16-20-8-2-4-12-24(20)28(22)26/h1-4,7-8,11-12,15-18H,5-6,9-10,13-14H2/b26-25-. The number of hydrogen-bond donors (Lipinski definition) is 0. The van der Waals surface area contributed by atoms with E-state index >= 15 is 0 Å². The van der Waals surface area contributed by atoms with Crippen molar-refractivity contribution in [2.75, 3.05) is 0 Å². The van der Waals surface area contributed by atoms with E-state index < -0.39 is 0 Å². The number of benzene rings is 4. The van der Waals surface area contributed by atoms with Gasteiger partial charge in [-0.15, -0.1) is 0 Å². The Morgan fingerprint density at radius 1 is 0.429 bits per heavy atom. The first kappa shape index (κ1) is 16.1. The lowest BCUT2D eigenvalue weighted by molar-refractivity contribution is 0.802. The summed E-state index contributed by atoms with van der Waals surface area (Å²) in [5.41, 5.74) is 9.41.